The van der Waals surface area contributed by atoms with E-state index in [0.717, 1.165) is 11.1 Å². The highest BCUT2D eigenvalue weighted by Gasteiger charge is 2.23. The Labute approximate surface area is 181 Å². The number of hydrogen-bond donors (Lipinski definition) is 1. The first kappa shape index (κ1) is 21.9. The monoisotopic (exact) mass is 419 g/mol. The maximum Gasteiger partial charge on any atom is 0.344 e. The Morgan fingerprint density at radius 3 is 1.84 bits per heavy atom. The summed E-state index contributed by atoms with van der Waals surface area (Å²) in [6.45, 7) is 1.23. The molecule has 3 aromatic carbocycles. The molecule has 0 aliphatic heterocycles. The van der Waals surface area contributed by atoms with E-state index in [-0.39, 0.29) is 12.6 Å². The Bertz CT molecular complexity index is 934. The lowest BCUT2D eigenvalue weighted by molar-refractivity contribution is -0.156. The standard InChI is InChI=1S/C25H25NO5/c1-18(31-23(27)17-30-22-15-13-21(29-2)14-16-22)25(28)26-24(19-9-5-3-6-10-19)20-11-7-4-8-12-20/h3-16,18,24H,17H2,1-2H3,(H,26,28)/t18-/m1/s1. The van der Waals surface area contributed by atoms with E-state index in [1.54, 1.807) is 31.4 Å². The van der Waals surface area contributed by atoms with Crippen LogP contribution in [0.15, 0.2) is 84.9 Å². The van der Waals surface area contributed by atoms with Crippen molar-refractivity contribution in [3.8, 4) is 11.5 Å². The molecule has 0 aliphatic rings. The fourth-order valence-corrected chi connectivity index (χ4v) is 3.01. The molecule has 6 heteroatoms. The van der Waals surface area contributed by atoms with Crippen molar-refractivity contribution in [3.05, 3.63) is 96.1 Å². The molecule has 0 spiro atoms. The molecule has 0 unspecified atom stereocenters. The second-order valence-corrected chi connectivity index (χ2v) is 6.86. The zero-order valence-corrected chi connectivity index (χ0v) is 17.5. The minimum absolute atomic E-state index is 0.301. The Hall–Kier alpha value is -3.80. The van der Waals surface area contributed by atoms with Crippen LogP contribution in [0.5, 0.6) is 11.5 Å². The van der Waals surface area contributed by atoms with Gasteiger partial charge in [-0.05, 0) is 42.3 Å². The molecule has 1 amide bonds. The third kappa shape index (κ3) is 6.34. The summed E-state index contributed by atoms with van der Waals surface area (Å²) < 4.78 is 15.7. The van der Waals surface area contributed by atoms with Gasteiger partial charge in [-0.3, -0.25) is 4.79 Å². The van der Waals surface area contributed by atoms with Gasteiger partial charge in [0.25, 0.3) is 5.91 Å². The van der Waals surface area contributed by atoms with E-state index in [2.05, 4.69) is 5.32 Å². The third-order valence-electron chi connectivity index (χ3n) is 4.65. The minimum Gasteiger partial charge on any atom is -0.497 e. The van der Waals surface area contributed by atoms with Crippen molar-refractivity contribution in [2.75, 3.05) is 13.7 Å². The van der Waals surface area contributed by atoms with Crippen LogP contribution in [0.1, 0.15) is 24.1 Å². The molecule has 0 aliphatic carbocycles. The van der Waals surface area contributed by atoms with Crippen LogP contribution in [0.2, 0.25) is 0 Å². The number of rotatable bonds is 9. The SMILES string of the molecule is COc1ccc(OCC(=O)O[C@H](C)C(=O)NC(c2ccccc2)c2ccccc2)cc1. The van der Waals surface area contributed by atoms with E-state index in [0.29, 0.717) is 11.5 Å². The first-order chi connectivity index (χ1) is 15.1. The normalized spacial score (nSPS) is 11.5. The zero-order chi connectivity index (χ0) is 22.1. The summed E-state index contributed by atoms with van der Waals surface area (Å²) in [5.74, 6) is 0.166. The molecule has 1 N–H and O–H groups in total. The lowest BCUT2D eigenvalue weighted by atomic mass is 9.98. The van der Waals surface area contributed by atoms with Gasteiger partial charge in [-0.15, -0.1) is 0 Å². The summed E-state index contributed by atoms with van der Waals surface area (Å²) >= 11 is 0. The van der Waals surface area contributed by atoms with Crippen molar-refractivity contribution >= 4 is 11.9 Å². The molecule has 0 fully saturated rings. The molecule has 0 saturated heterocycles. The van der Waals surface area contributed by atoms with Crippen LogP contribution in [0.25, 0.3) is 0 Å². The van der Waals surface area contributed by atoms with Gasteiger partial charge >= 0.3 is 5.97 Å². The van der Waals surface area contributed by atoms with Gasteiger partial charge in [0.1, 0.15) is 11.5 Å². The first-order valence-corrected chi connectivity index (χ1v) is 9.93. The summed E-state index contributed by atoms with van der Waals surface area (Å²) in [5, 5.41) is 2.97. The van der Waals surface area contributed by atoms with E-state index in [4.69, 9.17) is 14.2 Å². The first-order valence-electron chi connectivity index (χ1n) is 9.93. The minimum atomic E-state index is -0.970. The Morgan fingerprint density at radius 1 is 0.806 bits per heavy atom. The van der Waals surface area contributed by atoms with Gasteiger partial charge in [-0.25, -0.2) is 4.79 Å². The molecule has 160 valence electrons. The van der Waals surface area contributed by atoms with Crippen molar-refractivity contribution in [2.24, 2.45) is 0 Å². The van der Waals surface area contributed by atoms with Crippen molar-refractivity contribution in [3.63, 3.8) is 0 Å². The van der Waals surface area contributed by atoms with Crippen LogP contribution in [0.3, 0.4) is 0 Å². The lowest BCUT2D eigenvalue weighted by Crippen LogP contribution is -2.39. The zero-order valence-electron chi connectivity index (χ0n) is 17.5. The van der Waals surface area contributed by atoms with E-state index < -0.39 is 18.0 Å². The Balaban J connectivity index is 1.58. The number of methoxy groups -OCH3 is 1. The molecular formula is C25H25NO5. The Morgan fingerprint density at radius 2 is 1.32 bits per heavy atom. The van der Waals surface area contributed by atoms with E-state index in [1.807, 2.05) is 60.7 Å². The topological polar surface area (TPSA) is 73.9 Å². The summed E-state index contributed by atoms with van der Waals surface area (Å²) in [5.41, 5.74) is 1.87. The summed E-state index contributed by atoms with van der Waals surface area (Å²) in [6, 6.07) is 25.7. The molecular weight excluding hydrogens is 394 g/mol. The molecule has 3 aromatic rings. The number of nitrogens with one attached hydrogen (secondary N) is 1. The van der Waals surface area contributed by atoms with E-state index in [1.165, 1.54) is 6.92 Å². The van der Waals surface area contributed by atoms with Gasteiger partial charge in [0.05, 0.1) is 13.2 Å². The quantitative estimate of drug-likeness (QED) is 0.533. The van der Waals surface area contributed by atoms with Gasteiger partial charge in [-0.1, -0.05) is 60.7 Å². The molecule has 1 atom stereocenters. The van der Waals surface area contributed by atoms with Gasteiger partial charge < -0.3 is 19.5 Å². The highest BCUT2D eigenvalue weighted by atomic mass is 16.6. The van der Waals surface area contributed by atoms with Crippen LogP contribution < -0.4 is 14.8 Å². The van der Waals surface area contributed by atoms with Gasteiger partial charge in [0.2, 0.25) is 0 Å². The maximum absolute atomic E-state index is 12.7. The molecule has 0 bridgehead atoms. The fraction of sp³-hybridized carbons (Fsp3) is 0.200. The van der Waals surface area contributed by atoms with Gasteiger partial charge in [-0.2, -0.15) is 0 Å². The second kappa shape index (κ2) is 10.8. The van der Waals surface area contributed by atoms with Gasteiger partial charge in [0, 0.05) is 0 Å². The number of ether oxygens (including phenoxy) is 3. The number of benzene rings is 3. The predicted molar refractivity (Wildman–Crippen MR) is 117 cm³/mol. The molecule has 6 nitrogen and oxygen atoms in total. The van der Waals surface area contributed by atoms with Crippen molar-refractivity contribution < 1.29 is 23.8 Å². The average molecular weight is 419 g/mol. The summed E-state index contributed by atoms with van der Waals surface area (Å²) in [7, 11) is 1.57. The van der Waals surface area contributed by atoms with Crippen LogP contribution >= 0.6 is 0 Å². The molecule has 0 heterocycles. The fourth-order valence-electron chi connectivity index (χ4n) is 3.01. The molecule has 0 radical (unpaired) electrons. The van der Waals surface area contributed by atoms with Crippen LogP contribution in [-0.4, -0.2) is 31.7 Å². The summed E-state index contributed by atoms with van der Waals surface area (Å²) in [4.78, 5) is 24.9. The van der Waals surface area contributed by atoms with Crippen LogP contribution in [0.4, 0.5) is 0 Å². The van der Waals surface area contributed by atoms with Gasteiger partial charge in [0.15, 0.2) is 12.7 Å². The second-order valence-electron chi connectivity index (χ2n) is 6.86. The van der Waals surface area contributed by atoms with Crippen molar-refractivity contribution in [1.29, 1.82) is 0 Å². The number of hydrogen-bond acceptors (Lipinski definition) is 5. The average Bonchev–Trinajstić information content (AvgIpc) is 2.82. The number of amides is 1. The lowest BCUT2D eigenvalue weighted by Gasteiger charge is -2.22. The van der Waals surface area contributed by atoms with Crippen LogP contribution in [0, 0.1) is 0 Å². The van der Waals surface area contributed by atoms with E-state index in [9.17, 15) is 9.59 Å². The number of carbonyl (C=O) groups excluding carboxylic acids is 2. The number of carbonyl (C=O) groups is 2. The third-order valence-corrected chi connectivity index (χ3v) is 4.65. The molecule has 0 aromatic heterocycles. The molecule has 0 saturated carbocycles. The number of esters is 1. The summed E-state index contributed by atoms with van der Waals surface area (Å²) in [6.07, 6.45) is -0.970. The maximum atomic E-state index is 12.7. The van der Waals surface area contributed by atoms with Crippen LogP contribution in [-0.2, 0) is 14.3 Å². The largest absolute Gasteiger partial charge is 0.497 e. The molecule has 3 rings (SSSR count). The van der Waals surface area contributed by atoms with Crippen molar-refractivity contribution in [2.45, 2.75) is 19.1 Å². The van der Waals surface area contributed by atoms with E-state index >= 15 is 0 Å². The van der Waals surface area contributed by atoms with Crippen molar-refractivity contribution in [1.82, 2.24) is 5.32 Å². The highest BCUT2D eigenvalue weighted by Crippen LogP contribution is 2.22. The Kier molecular flexibility index (Phi) is 7.65. The molecule has 31 heavy (non-hydrogen) atoms. The highest BCUT2D eigenvalue weighted by molar-refractivity contribution is 5.84. The predicted octanol–water partition coefficient (Wildman–Crippen LogP) is 3.91. The smallest absolute Gasteiger partial charge is 0.344 e.